The molecule has 1 fully saturated rings. The van der Waals surface area contributed by atoms with Crippen LogP contribution in [0.4, 0.5) is 15.8 Å². The highest BCUT2D eigenvalue weighted by Crippen LogP contribution is 2.48. The molecule has 0 bridgehead atoms. The SMILES string of the molecule is CC(C)(C)CNc1c(C#N)cnc2c(C#N)cc(N[C@@H](c3ccc(F)cc3)c3cn(C4(c5cnccn5)CC4)nn3)cc12. The van der Waals surface area contributed by atoms with Gasteiger partial charge in [-0.05, 0) is 48.1 Å². The molecule has 0 radical (unpaired) electrons. The quantitative estimate of drug-likeness (QED) is 0.240. The van der Waals surface area contributed by atoms with Crippen LogP contribution in [-0.2, 0) is 5.54 Å². The molecular weight excluding hydrogens is 543 g/mol. The molecule has 1 atom stereocenters. The molecule has 2 aromatic carbocycles. The zero-order valence-electron chi connectivity index (χ0n) is 24.0. The highest BCUT2D eigenvalue weighted by molar-refractivity contribution is 5.99. The lowest BCUT2D eigenvalue weighted by Crippen LogP contribution is -2.21. The minimum atomic E-state index is -0.533. The highest BCUT2D eigenvalue weighted by Gasteiger charge is 2.49. The molecule has 214 valence electrons. The van der Waals surface area contributed by atoms with Gasteiger partial charge in [0, 0.05) is 36.2 Å². The van der Waals surface area contributed by atoms with E-state index in [1.165, 1.54) is 18.3 Å². The summed E-state index contributed by atoms with van der Waals surface area (Å²) in [5.74, 6) is -0.354. The second-order valence-corrected chi connectivity index (χ2v) is 11.9. The van der Waals surface area contributed by atoms with Gasteiger partial charge in [-0.1, -0.05) is 38.1 Å². The second-order valence-electron chi connectivity index (χ2n) is 11.9. The van der Waals surface area contributed by atoms with Crippen LogP contribution in [0.25, 0.3) is 10.9 Å². The van der Waals surface area contributed by atoms with Gasteiger partial charge in [-0.3, -0.25) is 15.0 Å². The maximum Gasteiger partial charge on any atom is 0.123 e. The van der Waals surface area contributed by atoms with Crippen molar-refractivity contribution in [1.82, 2.24) is 29.9 Å². The molecule has 2 N–H and O–H groups in total. The lowest BCUT2D eigenvalue weighted by atomic mass is 9.96. The predicted octanol–water partition coefficient (Wildman–Crippen LogP) is 5.70. The van der Waals surface area contributed by atoms with E-state index in [1.54, 1.807) is 36.8 Å². The topological polar surface area (TPSA) is 141 Å². The smallest absolute Gasteiger partial charge is 0.123 e. The molecule has 1 aliphatic carbocycles. The Morgan fingerprint density at radius 1 is 1.02 bits per heavy atom. The summed E-state index contributed by atoms with van der Waals surface area (Å²) in [6.07, 6.45) is 10.1. The van der Waals surface area contributed by atoms with Crippen molar-refractivity contribution >= 4 is 22.3 Å². The van der Waals surface area contributed by atoms with E-state index in [2.05, 4.69) is 68.8 Å². The summed E-state index contributed by atoms with van der Waals surface area (Å²) in [7, 11) is 0. The second kappa shape index (κ2) is 10.8. The van der Waals surface area contributed by atoms with E-state index in [1.807, 2.05) is 16.9 Å². The predicted molar refractivity (Wildman–Crippen MR) is 159 cm³/mol. The van der Waals surface area contributed by atoms with Crippen molar-refractivity contribution in [3.63, 3.8) is 0 Å². The van der Waals surface area contributed by atoms with Crippen LogP contribution in [0.3, 0.4) is 0 Å². The van der Waals surface area contributed by atoms with E-state index in [-0.39, 0.29) is 11.2 Å². The molecule has 0 saturated heterocycles. The molecule has 11 heteroatoms. The number of hydrogen-bond donors (Lipinski definition) is 2. The molecule has 5 aromatic rings. The van der Waals surface area contributed by atoms with Gasteiger partial charge in [-0.2, -0.15) is 10.5 Å². The molecule has 6 rings (SSSR count). The molecule has 10 nitrogen and oxygen atoms in total. The zero-order chi connectivity index (χ0) is 30.2. The van der Waals surface area contributed by atoms with E-state index in [9.17, 15) is 14.9 Å². The van der Waals surface area contributed by atoms with Gasteiger partial charge in [0.25, 0.3) is 0 Å². The molecule has 0 aliphatic heterocycles. The first-order valence-electron chi connectivity index (χ1n) is 13.9. The van der Waals surface area contributed by atoms with E-state index in [0.717, 1.165) is 24.1 Å². The van der Waals surface area contributed by atoms with Gasteiger partial charge >= 0.3 is 0 Å². The Kier molecular flexibility index (Phi) is 6.95. The first-order valence-corrected chi connectivity index (χ1v) is 13.9. The van der Waals surface area contributed by atoms with Crippen LogP contribution in [0.5, 0.6) is 0 Å². The van der Waals surface area contributed by atoms with E-state index in [0.29, 0.717) is 45.6 Å². The Morgan fingerprint density at radius 2 is 1.79 bits per heavy atom. The number of fused-ring (bicyclic) bond motifs is 1. The van der Waals surface area contributed by atoms with Crippen LogP contribution in [0.2, 0.25) is 0 Å². The first-order chi connectivity index (χ1) is 20.7. The Hall–Kier alpha value is -5.42. The third-order valence-electron chi connectivity index (χ3n) is 7.53. The number of benzene rings is 2. The van der Waals surface area contributed by atoms with Crippen molar-refractivity contribution < 1.29 is 4.39 Å². The van der Waals surface area contributed by atoms with Crippen molar-refractivity contribution in [3.8, 4) is 12.1 Å². The number of halogens is 1. The lowest BCUT2D eigenvalue weighted by molar-refractivity contribution is 0.443. The van der Waals surface area contributed by atoms with Crippen molar-refractivity contribution in [3.05, 3.63) is 101 Å². The van der Waals surface area contributed by atoms with Gasteiger partial charge in [0.2, 0.25) is 0 Å². The van der Waals surface area contributed by atoms with Crippen LogP contribution in [0.15, 0.2) is 67.4 Å². The molecule has 0 amide bonds. The van der Waals surface area contributed by atoms with Crippen LogP contribution >= 0.6 is 0 Å². The van der Waals surface area contributed by atoms with Crippen molar-refractivity contribution in [2.24, 2.45) is 5.41 Å². The normalized spacial score (nSPS) is 14.5. The van der Waals surface area contributed by atoms with Gasteiger partial charge in [0.15, 0.2) is 0 Å². The molecule has 3 aromatic heterocycles. The minimum absolute atomic E-state index is 0.0556. The number of nitriles is 2. The van der Waals surface area contributed by atoms with E-state index < -0.39 is 11.6 Å². The lowest BCUT2D eigenvalue weighted by Gasteiger charge is -2.22. The molecule has 43 heavy (non-hydrogen) atoms. The maximum absolute atomic E-state index is 13.9. The molecule has 0 unspecified atom stereocenters. The summed E-state index contributed by atoms with van der Waals surface area (Å²) >= 11 is 0. The largest absolute Gasteiger partial charge is 0.383 e. The fourth-order valence-electron chi connectivity index (χ4n) is 5.13. The molecule has 1 aliphatic rings. The summed E-state index contributed by atoms with van der Waals surface area (Å²) in [5, 5.41) is 36.5. The molecular formula is C32H29FN10. The number of hydrogen-bond acceptors (Lipinski definition) is 9. The average Bonchev–Trinajstić information content (AvgIpc) is 3.68. The van der Waals surface area contributed by atoms with E-state index >= 15 is 0 Å². The van der Waals surface area contributed by atoms with Crippen LogP contribution in [-0.4, -0.2) is 36.5 Å². The van der Waals surface area contributed by atoms with Gasteiger partial charge in [0.05, 0.1) is 46.5 Å². The van der Waals surface area contributed by atoms with Crippen molar-refractivity contribution in [2.45, 2.75) is 45.2 Å². The molecule has 0 spiro atoms. The summed E-state index contributed by atoms with van der Waals surface area (Å²) in [5.41, 5.74) is 4.18. The van der Waals surface area contributed by atoms with Crippen LogP contribution in [0.1, 0.15) is 67.7 Å². The van der Waals surface area contributed by atoms with Gasteiger partial charge in [-0.15, -0.1) is 5.10 Å². The number of rotatable bonds is 8. The number of aromatic nitrogens is 6. The Labute approximate surface area is 248 Å². The van der Waals surface area contributed by atoms with Gasteiger partial charge < -0.3 is 10.6 Å². The standard InChI is InChI=1S/C32H29FN10/c1-31(2,3)19-39-29-22(15-35)16-38-28-21(14-34)12-24(13-25(28)29)40-30(20-4-6-23(33)7-5-20)26-18-43(42-41-26)32(8-9-32)27-17-36-10-11-37-27/h4-7,10-13,16-18,30,40H,8-9,19H2,1-3H3,(H,38,39)/t30-/m0/s1. The summed E-state index contributed by atoms with van der Waals surface area (Å²) in [6.45, 7) is 6.90. The minimum Gasteiger partial charge on any atom is -0.383 e. The third kappa shape index (κ3) is 5.45. The molecule has 3 heterocycles. The number of nitrogens with zero attached hydrogens (tertiary/aromatic N) is 8. The zero-order valence-corrected chi connectivity index (χ0v) is 24.0. The summed E-state index contributed by atoms with van der Waals surface area (Å²) < 4.78 is 15.8. The summed E-state index contributed by atoms with van der Waals surface area (Å²) in [6, 6.07) is 13.7. The van der Waals surface area contributed by atoms with Crippen molar-refractivity contribution in [2.75, 3.05) is 17.2 Å². The fourth-order valence-corrected chi connectivity index (χ4v) is 5.13. The summed E-state index contributed by atoms with van der Waals surface area (Å²) in [4.78, 5) is 13.2. The third-order valence-corrected chi connectivity index (χ3v) is 7.53. The monoisotopic (exact) mass is 572 g/mol. The van der Waals surface area contributed by atoms with Crippen LogP contribution < -0.4 is 10.6 Å². The maximum atomic E-state index is 13.9. The Morgan fingerprint density at radius 3 is 2.44 bits per heavy atom. The van der Waals surface area contributed by atoms with E-state index in [4.69, 9.17) is 0 Å². The number of nitrogens with one attached hydrogen (secondary N) is 2. The Bertz CT molecular complexity index is 1870. The number of anilines is 2. The Balaban J connectivity index is 1.44. The average molecular weight is 573 g/mol. The highest BCUT2D eigenvalue weighted by atomic mass is 19.1. The molecule has 1 saturated carbocycles. The van der Waals surface area contributed by atoms with Crippen molar-refractivity contribution in [1.29, 1.82) is 10.5 Å². The van der Waals surface area contributed by atoms with Gasteiger partial charge in [0.1, 0.15) is 29.2 Å². The fraction of sp³-hybridized carbons (Fsp3) is 0.281. The van der Waals surface area contributed by atoms with Gasteiger partial charge in [-0.25, -0.2) is 9.07 Å². The number of pyridine rings is 1. The van der Waals surface area contributed by atoms with Crippen LogP contribution in [0, 0.1) is 33.9 Å². The first kappa shape index (κ1) is 27.7.